The van der Waals surface area contributed by atoms with E-state index in [0.717, 1.165) is 122 Å². The fraction of sp³-hybridized carbons (Fsp3) is 0.337. The van der Waals surface area contributed by atoms with Crippen molar-refractivity contribution in [3.8, 4) is 39.5 Å². The highest BCUT2D eigenvalue weighted by atomic mass is 32.2. The molecule has 6 unspecified atom stereocenters. The number of ether oxygens (including phenoxy) is 6. The van der Waals surface area contributed by atoms with Crippen molar-refractivity contribution in [1.82, 2.24) is 0 Å². The van der Waals surface area contributed by atoms with Crippen molar-refractivity contribution in [2.24, 2.45) is 29.6 Å². The van der Waals surface area contributed by atoms with Crippen LogP contribution < -0.4 is 14.2 Å². The molecule has 0 saturated heterocycles. The van der Waals surface area contributed by atoms with Gasteiger partial charge in [0.2, 0.25) is 0 Å². The fourth-order valence-corrected chi connectivity index (χ4v) is 23.4. The molecule has 7 saturated carbocycles. The minimum atomic E-state index is -0.605. The Bertz CT molecular complexity index is 4160. The zero-order chi connectivity index (χ0) is 66.2. The average molecular weight is 1360 g/mol. The molecule has 500 valence electrons. The van der Waals surface area contributed by atoms with E-state index in [1.165, 1.54) is 66.1 Å². The third kappa shape index (κ3) is 15.6. The van der Waals surface area contributed by atoms with Crippen LogP contribution in [0.1, 0.15) is 116 Å². The topological polar surface area (TPSA) is 107 Å². The van der Waals surface area contributed by atoms with Gasteiger partial charge in [0.05, 0.1) is 32.7 Å². The van der Waals surface area contributed by atoms with E-state index in [9.17, 15) is 14.4 Å². The maximum absolute atomic E-state index is 14.0. The van der Waals surface area contributed by atoms with Crippen LogP contribution in [0, 0.1) is 29.6 Å². The van der Waals surface area contributed by atoms with E-state index in [2.05, 4.69) is 206 Å². The molecule has 0 N–H and O–H groups in total. The van der Waals surface area contributed by atoms with E-state index in [1.54, 1.807) is 0 Å². The van der Waals surface area contributed by atoms with E-state index >= 15 is 0 Å². The van der Waals surface area contributed by atoms with Crippen LogP contribution >= 0.6 is 0 Å². The van der Waals surface area contributed by atoms with E-state index in [4.69, 9.17) is 28.4 Å². The van der Waals surface area contributed by atoms with E-state index in [-0.39, 0.29) is 55.5 Å². The van der Waals surface area contributed by atoms with Crippen LogP contribution in [-0.4, -0.2) is 55.5 Å². The van der Waals surface area contributed by atoms with Gasteiger partial charge in [-0.1, -0.05) is 123 Å². The van der Waals surface area contributed by atoms with Crippen LogP contribution in [0.15, 0.2) is 275 Å². The van der Waals surface area contributed by atoms with Crippen molar-refractivity contribution < 1.29 is 42.8 Å². The monoisotopic (exact) mass is 1360 g/mol. The molecule has 0 aliphatic heterocycles. The van der Waals surface area contributed by atoms with Gasteiger partial charge < -0.3 is 28.4 Å². The lowest BCUT2D eigenvalue weighted by Gasteiger charge is -2.55. The molecule has 0 spiro atoms. The number of benzene rings is 9. The zero-order valence-corrected chi connectivity index (χ0v) is 58.2. The summed E-state index contributed by atoms with van der Waals surface area (Å²) in [4.78, 5) is 50.5. The maximum atomic E-state index is 14.0. The highest BCUT2D eigenvalue weighted by Gasteiger charge is 2.53. The number of carbonyl (C=O) groups excluding carboxylic acids is 3. The lowest BCUT2D eigenvalue weighted by Crippen LogP contribution is -2.53. The molecule has 0 amide bonds. The van der Waals surface area contributed by atoms with Crippen LogP contribution in [0.5, 0.6) is 17.2 Å². The molecule has 0 radical (unpaired) electrons. The first-order chi connectivity index (χ1) is 48.2. The van der Waals surface area contributed by atoms with Gasteiger partial charge in [-0.2, -0.15) is 0 Å². The van der Waals surface area contributed by atoms with Crippen LogP contribution in [0.2, 0.25) is 0 Å². The lowest BCUT2D eigenvalue weighted by molar-refractivity contribution is -0.188. The second kappa shape index (κ2) is 30.5. The SMILES string of the molecule is O=C(COc1ccc([S+](c2ccccc2)c2cccc(-c3cccc([S+](c4ccccc4)c4ccc(OCC(=O)OC5CCC6CCCCC6C5)c(-c5cccc([S+](c6ccccc6)c6ccc(OCC(=O)OC78CC9CC(CC(C9)C7)C8)cc6)c5)c4)c3)c2)cc1)OC1CCCCC1. The smallest absolute Gasteiger partial charge is 0.344 e. The standard InChI is InChI=1S/C86H87O9S3/c87-83(93-70-23-5-1-6-24-70)57-90-68-36-40-75(41-37-68)96(72-25-7-2-8-26-72)77-31-15-20-65(50-77)66-21-16-32-78(51-66)98(74-29-11-4-12-30-74)80-44-45-82(92-58-84(88)94-71-35-34-63-18-13-14-19-64(63)49-71)81(53-80)67-22-17-33-79(52-67)97(73-27-9-3-10-28-73)76-42-38-69(39-43-76)91-59-85(89)95-86-54-60-46-61(55-86)48-62(47-60)56-86/h2-4,7-12,15-17,20-22,25-33,36-45,50-53,60-64,70-71H,1,5-6,13-14,18-19,23-24,34-35,46-49,54-59H2/q+3. The van der Waals surface area contributed by atoms with Gasteiger partial charge in [-0.05, 0) is 245 Å². The number of hydrogen-bond donors (Lipinski definition) is 0. The molecule has 0 heterocycles. The molecule has 0 aromatic heterocycles. The quantitative estimate of drug-likeness (QED) is 0.0352. The molecular weight excluding hydrogens is 1270 g/mol. The molecule has 4 bridgehead atoms. The molecule has 9 aromatic rings. The van der Waals surface area contributed by atoms with E-state index in [0.29, 0.717) is 40.9 Å². The molecule has 9 nitrogen and oxygen atoms in total. The van der Waals surface area contributed by atoms with Gasteiger partial charge >= 0.3 is 17.9 Å². The normalized spacial score (nSPS) is 22.7. The molecular formula is C86H87O9S3+3. The summed E-state index contributed by atoms with van der Waals surface area (Å²) in [6.07, 6.45) is 20.1. The van der Waals surface area contributed by atoms with Crippen LogP contribution in [-0.2, 0) is 61.3 Å². The van der Waals surface area contributed by atoms with Gasteiger partial charge in [0, 0.05) is 29.8 Å². The Morgan fingerprint density at radius 1 is 0.337 bits per heavy atom. The molecule has 7 aliphatic rings. The number of carbonyl (C=O) groups is 3. The van der Waals surface area contributed by atoms with Crippen molar-refractivity contribution in [3.05, 3.63) is 231 Å². The molecule has 7 fully saturated rings. The van der Waals surface area contributed by atoms with Crippen molar-refractivity contribution in [1.29, 1.82) is 0 Å². The van der Waals surface area contributed by atoms with Gasteiger partial charge in [0.25, 0.3) is 0 Å². The highest BCUT2D eigenvalue weighted by Crippen LogP contribution is 2.57. The Morgan fingerprint density at radius 3 is 1.28 bits per heavy atom. The number of hydrogen-bond acceptors (Lipinski definition) is 9. The second-order valence-corrected chi connectivity index (χ2v) is 34.0. The van der Waals surface area contributed by atoms with E-state index < -0.39 is 32.7 Å². The minimum Gasteiger partial charge on any atom is -0.482 e. The summed E-state index contributed by atoms with van der Waals surface area (Å²) in [6.45, 7) is -0.432. The molecule has 16 rings (SSSR count). The van der Waals surface area contributed by atoms with Gasteiger partial charge in [-0.15, -0.1) is 0 Å². The summed E-state index contributed by atoms with van der Waals surface area (Å²) in [7, 11) is -1.63. The van der Waals surface area contributed by atoms with Crippen molar-refractivity contribution in [2.45, 2.75) is 177 Å². The predicted molar refractivity (Wildman–Crippen MR) is 388 cm³/mol. The third-order valence-corrected chi connectivity index (χ3v) is 27.7. The summed E-state index contributed by atoms with van der Waals surface area (Å²) in [6, 6.07) is 81.6. The first-order valence-electron chi connectivity index (χ1n) is 35.7. The predicted octanol–water partition coefficient (Wildman–Crippen LogP) is 19.7. The van der Waals surface area contributed by atoms with Crippen molar-refractivity contribution in [3.63, 3.8) is 0 Å². The Hall–Kier alpha value is -8.16. The fourth-order valence-electron chi connectivity index (χ4n) is 17.0. The number of rotatable bonds is 23. The van der Waals surface area contributed by atoms with Crippen LogP contribution in [0.4, 0.5) is 0 Å². The summed E-state index contributed by atoms with van der Waals surface area (Å²) in [5.41, 5.74) is 3.73. The first-order valence-corrected chi connectivity index (χ1v) is 39.4. The largest absolute Gasteiger partial charge is 0.482 e. The summed E-state index contributed by atoms with van der Waals surface area (Å²) < 4.78 is 37.2. The van der Waals surface area contributed by atoms with Crippen molar-refractivity contribution >= 4 is 50.6 Å². The van der Waals surface area contributed by atoms with Gasteiger partial charge in [-0.3, -0.25) is 0 Å². The van der Waals surface area contributed by atoms with Gasteiger partial charge in [0.1, 0.15) is 35.1 Å². The molecule has 98 heavy (non-hydrogen) atoms. The van der Waals surface area contributed by atoms with Crippen LogP contribution in [0.3, 0.4) is 0 Å². The molecule has 6 atom stereocenters. The second-order valence-electron chi connectivity index (χ2n) is 28.0. The molecule has 7 aliphatic carbocycles. The Labute approximate surface area is 586 Å². The maximum Gasteiger partial charge on any atom is 0.344 e. The zero-order valence-electron chi connectivity index (χ0n) is 55.7. The Balaban J connectivity index is 0.727. The summed E-state index contributed by atoms with van der Waals surface area (Å²) in [5, 5.41) is 0. The van der Waals surface area contributed by atoms with E-state index in [1.807, 2.05) is 24.3 Å². The third-order valence-electron chi connectivity index (χ3n) is 21.1. The highest BCUT2D eigenvalue weighted by molar-refractivity contribution is 7.97. The Morgan fingerprint density at radius 2 is 0.745 bits per heavy atom. The lowest BCUT2D eigenvalue weighted by atomic mass is 9.54. The first kappa shape index (κ1) is 65.8. The Kier molecular flexibility index (Phi) is 20.5. The van der Waals surface area contributed by atoms with Crippen molar-refractivity contribution in [2.75, 3.05) is 19.8 Å². The average Bonchev–Trinajstić information content (AvgIpc) is 0.751. The summed E-state index contributed by atoms with van der Waals surface area (Å²) in [5.74, 6) is 4.37. The van der Waals surface area contributed by atoms with Gasteiger partial charge in [-0.25, -0.2) is 14.4 Å². The van der Waals surface area contributed by atoms with Gasteiger partial charge in [0.15, 0.2) is 63.9 Å². The van der Waals surface area contributed by atoms with Crippen LogP contribution in [0.25, 0.3) is 22.3 Å². The summed E-state index contributed by atoms with van der Waals surface area (Å²) >= 11 is 0. The number of esters is 3. The minimum absolute atomic E-state index is 0.0105. The molecule has 9 aromatic carbocycles. The molecule has 12 heteroatoms. The number of fused-ring (bicyclic) bond motifs is 1.